The van der Waals surface area contributed by atoms with Crippen molar-refractivity contribution in [3.8, 4) is 0 Å². The lowest BCUT2D eigenvalue weighted by Crippen LogP contribution is -2.11. The second-order valence-electron chi connectivity index (χ2n) is 3.47. The Hall–Kier alpha value is -0.900. The van der Waals surface area contributed by atoms with Crippen LogP contribution in [0.4, 0.5) is 0 Å². The average Bonchev–Trinajstić information content (AvgIpc) is 2.32. The number of hydrogen-bond donors (Lipinski definition) is 1. The van der Waals surface area contributed by atoms with E-state index < -0.39 is 0 Å². The highest BCUT2D eigenvalue weighted by Crippen LogP contribution is 2.19. The topological polar surface area (TPSA) is 64.9 Å². The highest BCUT2D eigenvalue weighted by atomic mass is 16.5. The molecule has 4 nitrogen and oxygen atoms in total. The molecule has 0 spiro atoms. The van der Waals surface area contributed by atoms with E-state index in [0.717, 1.165) is 0 Å². The van der Waals surface area contributed by atoms with Crippen LogP contribution >= 0.6 is 0 Å². The Balaban J connectivity index is 2.89. The number of rotatable bonds is 1. The van der Waals surface area contributed by atoms with Crippen molar-refractivity contribution in [3.63, 3.8) is 0 Å². The fourth-order valence-electron chi connectivity index (χ4n) is 0.642. The maximum absolute atomic E-state index is 5.32. The third kappa shape index (κ3) is 1.77. The summed E-state index contributed by atoms with van der Waals surface area (Å²) in [6, 6.07) is 0. The Bertz CT molecular complexity index is 236. The molecule has 0 saturated heterocycles. The van der Waals surface area contributed by atoms with Gasteiger partial charge in [0.1, 0.15) is 0 Å². The van der Waals surface area contributed by atoms with Gasteiger partial charge in [-0.2, -0.15) is 4.98 Å². The summed E-state index contributed by atoms with van der Waals surface area (Å²) in [4.78, 5) is 4.10. The first-order valence-corrected chi connectivity index (χ1v) is 3.57. The Kier molecular flexibility index (Phi) is 1.95. The molecule has 0 bridgehead atoms. The SMILES string of the molecule is CC(C)(C)c1nc(CN)no1. The van der Waals surface area contributed by atoms with E-state index in [-0.39, 0.29) is 5.41 Å². The molecule has 4 heteroatoms. The zero-order chi connectivity index (χ0) is 8.48. The fourth-order valence-corrected chi connectivity index (χ4v) is 0.642. The molecule has 1 rings (SSSR count). The van der Waals surface area contributed by atoms with Gasteiger partial charge in [0.25, 0.3) is 0 Å². The predicted octanol–water partition coefficient (Wildman–Crippen LogP) is 0.826. The van der Waals surface area contributed by atoms with Gasteiger partial charge >= 0.3 is 0 Å². The summed E-state index contributed by atoms with van der Waals surface area (Å²) in [7, 11) is 0. The summed E-state index contributed by atoms with van der Waals surface area (Å²) in [6.45, 7) is 6.38. The monoisotopic (exact) mass is 155 g/mol. The maximum atomic E-state index is 5.32. The first kappa shape index (κ1) is 8.20. The molecule has 0 aromatic carbocycles. The first-order chi connectivity index (χ1) is 5.04. The molecule has 11 heavy (non-hydrogen) atoms. The van der Waals surface area contributed by atoms with Crippen LogP contribution in [0.1, 0.15) is 32.5 Å². The lowest BCUT2D eigenvalue weighted by molar-refractivity contribution is 0.318. The zero-order valence-electron chi connectivity index (χ0n) is 7.09. The normalized spacial score (nSPS) is 12.0. The third-order valence-electron chi connectivity index (χ3n) is 1.29. The molecule has 0 unspecified atom stereocenters. The van der Waals surface area contributed by atoms with Crippen LogP contribution in [-0.4, -0.2) is 10.1 Å². The summed E-state index contributed by atoms with van der Waals surface area (Å²) >= 11 is 0. The van der Waals surface area contributed by atoms with Crippen molar-refractivity contribution in [2.24, 2.45) is 5.73 Å². The standard InChI is InChI=1S/C7H13N3O/c1-7(2,3)6-9-5(4-8)10-11-6/h4,8H2,1-3H3. The quantitative estimate of drug-likeness (QED) is 0.652. The second-order valence-corrected chi connectivity index (χ2v) is 3.47. The maximum Gasteiger partial charge on any atom is 0.232 e. The number of nitrogens with zero attached hydrogens (tertiary/aromatic N) is 2. The number of hydrogen-bond acceptors (Lipinski definition) is 4. The molecule has 1 aromatic heterocycles. The van der Waals surface area contributed by atoms with E-state index in [0.29, 0.717) is 18.3 Å². The van der Waals surface area contributed by atoms with E-state index in [1.54, 1.807) is 0 Å². The largest absolute Gasteiger partial charge is 0.339 e. The minimum absolute atomic E-state index is 0.0829. The summed E-state index contributed by atoms with van der Waals surface area (Å²) < 4.78 is 4.98. The van der Waals surface area contributed by atoms with E-state index in [1.807, 2.05) is 20.8 Å². The second kappa shape index (κ2) is 2.62. The molecular weight excluding hydrogens is 142 g/mol. The number of aromatic nitrogens is 2. The molecule has 2 N–H and O–H groups in total. The van der Waals surface area contributed by atoms with Crippen molar-refractivity contribution >= 4 is 0 Å². The first-order valence-electron chi connectivity index (χ1n) is 3.57. The van der Waals surface area contributed by atoms with Gasteiger partial charge in [0.2, 0.25) is 5.89 Å². The lowest BCUT2D eigenvalue weighted by Gasteiger charge is -2.10. The Morgan fingerprint density at radius 2 is 2.09 bits per heavy atom. The van der Waals surface area contributed by atoms with Crippen LogP contribution in [0.25, 0.3) is 0 Å². The van der Waals surface area contributed by atoms with Gasteiger partial charge < -0.3 is 10.3 Å². The van der Waals surface area contributed by atoms with Crippen LogP contribution in [0.2, 0.25) is 0 Å². The molecule has 0 amide bonds. The van der Waals surface area contributed by atoms with Crippen LogP contribution < -0.4 is 5.73 Å². The number of nitrogens with two attached hydrogens (primary N) is 1. The highest BCUT2D eigenvalue weighted by molar-refractivity contribution is 4.97. The molecule has 1 heterocycles. The molecule has 0 fully saturated rings. The molecule has 0 aliphatic heterocycles. The molecule has 0 saturated carbocycles. The van der Waals surface area contributed by atoms with Crippen LogP contribution in [0.15, 0.2) is 4.52 Å². The molecule has 0 atom stereocenters. The van der Waals surface area contributed by atoms with Crippen molar-refractivity contribution in [2.45, 2.75) is 32.7 Å². The molecule has 0 aliphatic carbocycles. The van der Waals surface area contributed by atoms with Gasteiger partial charge in [-0.15, -0.1) is 0 Å². The fraction of sp³-hybridized carbons (Fsp3) is 0.714. The molecule has 62 valence electrons. The minimum Gasteiger partial charge on any atom is -0.339 e. The Labute approximate surface area is 65.8 Å². The smallest absolute Gasteiger partial charge is 0.232 e. The van der Waals surface area contributed by atoms with Crippen molar-refractivity contribution in [1.29, 1.82) is 0 Å². The van der Waals surface area contributed by atoms with E-state index in [4.69, 9.17) is 10.3 Å². The van der Waals surface area contributed by atoms with Crippen molar-refractivity contribution in [1.82, 2.24) is 10.1 Å². The van der Waals surface area contributed by atoms with Crippen molar-refractivity contribution < 1.29 is 4.52 Å². The summed E-state index contributed by atoms with van der Waals surface area (Å²) in [5.41, 5.74) is 5.24. The predicted molar refractivity (Wildman–Crippen MR) is 40.9 cm³/mol. The molecular formula is C7H13N3O. The van der Waals surface area contributed by atoms with Crippen LogP contribution in [-0.2, 0) is 12.0 Å². The van der Waals surface area contributed by atoms with Gasteiger partial charge in [0.05, 0.1) is 6.54 Å². The zero-order valence-corrected chi connectivity index (χ0v) is 7.09. The summed E-state index contributed by atoms with van der Waals surface area (Å²) in [5.74, 6) is 1.20. The van der Waals surface area contributed by atoms with Gasteiger partial charge in [0, 0.05) is 5.41 Å². The van der Waals surface area contributed by atoms with E-state index in [2.05, 4.69) is 10.1 Å². The lowest BCUT2D eigenvalue weighted by atomic mass is 9.97. The highest BCUT2D eigenvalue weighted by Gasteiger charge is 2.20. The van der Waals surface area contributed by atoms with Crippen LogP contribution in [0.5, 0.6) is 0 Å². The van der Waals surface area contributed by atoms with Gasteiger partial charge in [-0.1, -0.05) is 25.9 Å². The van der Waals surface area contributed by atoms with E-state index in [1.165, 1.54) is 0 Å². The van der Waals surface area contributed by atoms with Crippen LogP contribution in [0, 0.1) is 0 Å². The van der Waals surface area contributed by atoms with Gasteiger partial charge in [-0.3, -0.25) is 0 Å². The Morgan fingerprint density at radius 1 is 1.45 bits per heavy atom. The van der Waals surface area contributed by atoms with Crippen LogP contribution in [0.3, 0.4) is 0 Å². The Morgan fingerprint density at radius 3 is 2.36 bits per heavy atom. The minimum atomic E-state index is -0.0829. The van der Waals surface area contributed by atoms with Crippen molar-refractivity contribution in [3.05, 3.63) is 11.7 Å². The van der Waals surface area contributed by atoms with Gasteiger partial charge in [0.15, 0.2) is 5.82 Å². The molecule has 0 aliphatic rings. The summed E-state index contributed by atoms with van der Waals surface area (Å²) in [6.07, 6.45) is 0. The molecule has 0 radical (unpaired) electrons. The van der Waals surface area contributed by atoms with Gasteiger partial charge in [-0.25, -0.2) is 0 Å². The molecule has 1 aromatic rings. The van der Waals surface area contributed by atoms with E-state index in [9.17, 15) is 0 Å². The third-order valence-corrected chi connectivity index (χ3v) is 1.29. The average molecular weight is 155 g/mol. The van der Waals surface area contributed by atoms with Crippen molar-refractivity contribution in [2.75, 3.05) is 0 Å². The van der Waals surface area contributed by atoms with E-state index >= 15 is 0 Å². The van der Waals surface area contributed by atoms with Gasteiger partial charge in [-0.05, 0) is 0 Å². The summed E-state index contributed by atoms with van der Waals surface area (Å²) in [5, 5.41) is 3.69.